The highest BCUT2D eigenvalue weighted by molar-refractivity contribution is 6.17. The minimum Gasteiger partial charge on any atom is -0.308 e. The summed E-state index contributed by atoms with van der Waals surface area (Å²) in [5.41, 5.74) is 4.03. The molecule has 0 N–H and O–H groups in total. The van der Waals surface area contributed by atoms with Crippen LogP contribution >= 0.6 is 11.6 Å². The van der Waals surface area contributed by atoms with Crippen LogP contribution in [0.4, 0.5) is 0 Å². The van der Waals surface area contributed by atoms with Gasteiger partial charge in [0.2, 0.25) is 0 Å². The summed E-state index contributed by atoms with van der Waals surface area (Å²) in [7, 11) is 0. The van der Waals surface area contributed by atoms with Gasteiger partial charge in [0, 0.05) is 12.1 Å². The van der Waals surface area contributed by atoms with E-state index in [0.717, 1.165) is 17.7 Å². The number of hydrogen-bond donors (Lipinski definition) is 0. The number of aromatic nitrogens is 1. The van der Waals surface area contributed by atoms with E-state index in [1.165, 1.54) is 5.56 Å². The van der Waals surface area contributed by atoms with Gasteiger partial charge in [-0.15, -0.1) is 11.6 Å². The molecule has 0 atom stereocenters. The Labute approximate surface area is 131 Å². The molecule has 1 aromatic carbocycles. The predicted molar refractivity (Wildman–Crippen MR) is 90.1 cm³/mol. The average molecular weight is 304 g/mol. The predicted octanol–water partition coefficient (Wildman–Crippen LogP) is 4.79. The normalized spacial score (nSPS) is 11.1. The number of alkyl halides is 1. The smallest absolute Gasteiger partial charge is 0.255 e. The van der Waals surface area contributed by atoms with E-state index in [9.17, 15) is 4.79 Å². The summed E-state index contributed by atoms with van der Waals surface area (Å²) in [6.45, 7) is 7.14. The minimum atomic E-state index is 0.0253. The van der Waals surface area contributed by atoms with Crippen molar-refractivity contribution in [2.75, 3.05) is 0 Å². The molecule has 0 aliphatic rings. The Hall–Kier alpha value is -1.54. The first-order chi connectivity index (χ1) is 10.1. The molecule has 2 rings (SSSR count). The molecule has 2 aromatic rings. The van der Waals surface area contributed by atoms with E-state index in [1.54, 1.807) is 0 Å². The first-order valence-electron chi connectivity index (χ1n) is 7.47. The summed E-state index contributed by atoms with van der Waals surface area (Å²) in [5.74, 6) is 0.769. The van der Waals surface area contributed by atoms with E-state index in [4.69, 9.17) is 11.6 Å². The fraction of sp³-hybridized carbons (Fsp3) is 0.389. The molecule has 0 saturated carbocycles. The lowest BCUT2D eigenvalue weighted by Gasteiger charge is -2.14. The maximum Gasteiger partial charge on any atom is 0.255 e. The van der Waals surface area contributed by atoms with E-state index in [2.05, 4.69) is 45.0 Å². The molecule has 1 aromatic heterocycles. The maximum absolute atomic E-state index is 12.4. The minimum absolute atomic E-state index is 0.0253. The summed E-state index contributed by atoms with van der Waals surface area (Å²) in [4.78, 5) is 12.4. The van der Waals surface area contributed by atoms with Gasteiger partial charge in [-0.25, -0.2) is 0 Å². The second-order valence-corrected chi connectivity index (χ2v) is 5.88. The van der Waals surface area contributed by atoms with Crippen LogP contribution in [0.2, 0.25) is 0 Å². The first kappa shape index (κ1) is 15.8. The Morgan fingerprint density at radius 2 is 1.76 bits per heavy atom. The SMILES string of the molecule is CCCn1c(-c2ccc(C(C)C)cc2)ccc(CCl)c1=O. The van der Waals surface area contributed by atoms with Crippen LogP contribution in [0.25, 0.3) is 11.3 Å². The Bertz CT molecular complexity index is 656. The highest BCUT2D eigenvalue weighted by Gasteiger charge is 2.10. The molecule has 112 valence electrons. The topological polar surface area (TPSA) is 22.0 Å². The van der Waals surface area contributed by atoms with Crippen molar-refractivity contribution < 1.29 is 0 Å². The van der Waals surface area contributed by atoms with Gasteiger partial charge in [-0.2, -0.15) is 0 Å². The average Bonchev–Trinajstić information content (AvgIpc) is 2.49. The fourth-order valence-corrected chi connectivity index (χ4v) is 2.67. The van der Waals surface area contributed by atoms with E-state index >= 15 is 0 Å². The quantitative estimate of drug-likeness (QED) is 0.728. The Morgan fingerprint density at radius 3 is 2.29 bits per heavy atom. The molecule has 0 fully saturated rings. The Balaban J connectivity index is 2.52. The molecule has 21 heavy (non-hydrogen) atoms. The lowest BCUT2D eigenvalue weighted by molar-refractivity contribution is 0.656. The molecule has 2 nitrogen and oxygen atoms in total. The van der Waals surface area contributed by atoms with E-state index < -0.39 is 0 Å². The lowest BCUT2D eigenvalue weighted by atomic mass is 10.0. The summed E-state index contributed by atoms with van der Waals surface area (Å²) in [5, 5.41) is 0. The van der Waals surface area contributed by atoms with Crippen LogP contribution in [0, 0.1) is 0 Å². The number of nitrogens with zero attached hydrogens (tertiary/aromatic N) is 1. The third-order valence-corrected chi connectivity index (χ3v) is 4.01. The summed E-state index contributed by atoms with van der Waals surface area (Å²) in [6.07, 6.45) is 0.919. The van der Waals surface area contributed by atoms with Crippen molar-refractivity contribution in [1.29, 1.82) is 0 Å². The maximum atomic E-state index is 12.4. The van der Waals surface area contributed by atoms with Gasteiger partial charge < -0.3 is 4.57 Å². The van der Waals surface area contributed by atoms with Crippen molar-refractivity contribution in [3.63, 3.8) is 0 Å². The lowest BCUT2D eigenvalue weighted by Crippen LogP contribution is -2.24. The van der Waals surface area contributed by atoms with Crippen LogP contribution in [0.3, 0.4) is 0 Å². The van der Waals surface area contributed by atoms with Gasteiger partial charge in [-0.1, -0.05) is 51.1 Å². The van der Waals surface area contributed by atoms with Crippen LogP contribution in [-0.4, -0.2) is 4.57 Å². The van der Waals surface area contributed by atoms with Crippen LogP contribution in [0.1, 0.15) is 44.2 Å². The zero-order chi connectivity index (χ0) is 15.4. The van der Waals surface area contributed by atoms with Crippen molar-refractivity contribution in [2.45, 2.75) is 45.5 Å². The number of rotatable bonds is 5. The van der Waals surface area contributed by atoms with Gasteiger partial charge in [0.25, 0.3) is 5.56 Å². The molecule has 3 heteroatoms. The van der Waals surface area contributed by atoms with Crippen molar-refractivity contribution >= 4 is 11.6 Å². The van der Waals surface area contributed by atoms with Gasteiger partial charge in [0.15, 0.2) is 0 Å². The van der Waals surface area contributed by atoms with Gasteiger partial charge >= 0.3 is 0 Å². The van der Waals surface area contributed by atoms with Gasteiger partial charge in [-0.05, 0) is 29.5 Å². The molecule has 0 amide bonds. The monoisotopic (exact) mass is 303 g/mol. The Kier molecular flexibility index (Phi) is 5.24. The fourth-order valence-electron chi connectivity index (χ4n) is 2.46. The molecule has 0 bridgehead atoms. The highest BCUT2D eigenvalue weighted by atomic mass is 35.5. The van der Waals surface area contributed by atoms with Crippen LogP contribution in [0.5, 0.6) is 0 Å². The summed E-state index contributed by atoms with van der Waals surface area (Å²) < 4.78 is 1.84. The third kappa shape index (κ3) is 3.38. The number of benzene rings is 1. The first-order valence-corrected chi connectivity index (χ1v) is 8.01. The summed E-state index contributed by atoms with van der Waals surface area (Å²) >= 11 is 5.84. The van der Waals surface area contributed by atoms with Crippen molar-refractivity contribution in [1.82, 2.24) is 4.57 Å². The zero-order valence-corrected chi connectivity index (χ0v) is 13.7. The standard InChI is InChI=1S/C18H22ClNO/c1-4-11-20-17(10-9-16(12-19)18(20)21)15-7-5-14(6-8-15)13(2)3/h5-10,13H,4,11-12H2,1-3H3. The molecule has 0 spiro atoms. The number of pyridine rings is 1. The van der Waals surface area contributed by atoms with Crippen molar-refractivity contribution in [3.05, 3.63) is 57.9 Å². The second kappa shape index (κ2) is 6.95. The number of hydrogen-bond acceptors (Lipinski definition) is 1. The van der Waals surface area contributed by atoms with E-state index in [0.29, 0.717) is 18.0 Å². The van der Waals surface area contributed by atoms with Gasteiger partial charge in [-0.3, -0.25) is 4.79 Å². The molecule has 1 heterocycles. The van der Waals surface area contributed by atoms with Crippen molar-refractivity contribution in [3.8, 4) is 11.3 Å². The van der Waals surface area contributed by atoms with E-state index in [1.807, 2.05) is 16.7 Å². The molecule has 0 aliphatic heterocycles. The van der Waals surface area contributed by atoms with Crippen LogP contribution < -0.4 is 5.56 Å². The number of halogens is 1. The zero-order valence-electron chi connectivity index (χ0n) is 12.9. The molecule has 0 unspecified atom stereocenters. The molecule has 0 aliphatic carbocycles. The molecular weight excluding hydrogens is 282 g/mol. The largest absolute Gasteiger partial charge is 0.308 e. The van der Waals surface area contributed by atoms with E-state index in [-0.39, 0.29) is 11.4 Å². The molecular formula is C18H22ClNO. The second-order valence-electron chi connectivity index (χ2n) is 5.61. The molecule has 0 radical (unpaired) electrons. The third-order valence-electron chi connectivity index (χ3n) is 3.72. The summed E-state index contributed by atoms with van der Waals surface area (Å²) in [6, 6.07) is 12.3. The Morgan fingerprint density at radius 1 is 1.10 bits per heavy atom. The van der Waals surface area contributed by atoms with Gasteiger partial charge in [0.05, 0.1) is 11.6 Å². The van der Waals surface area contributed by atoms with Crippen LogP contribution in [-0.2, 0) is 12.4 Å². The highest BCUT2D eigenvalue weighted by Crippen LogP contribution is 2.22. The van der Waals surface area contributed by atoms with Crippen molar-refractivity contribution in [2.24, 2.45) is 0 Å². The van der Waals surface area contributed by atoms with Gasteiger partial charge in [0.1, 0.15) is 0 Å². The molecule has 0 saturated heterocycles. The van der Waals surface area contributed by atoms with Crippen LogP contribution in [0.15, 0.2) is 41.2 Å².